The van der Waals surface area contributed by atoms with Crippen molar-refractivity contribution >= 4 is 0 Å². The lowest BCUT2D eigenvalue weighted by Crippen LogP contribution is -2.31. The van der Waals surface area contributed by atoms with Gasteiger partial charge in [0.05, 0.1) is 0 Å². The van der Waals surface area contributed by atoms with Crippen LogP contribution in [0.15, 0.2) is 24.3 Å². The molecule has 80 valence electrons. The molecule has 0 unspecified atom stereocenters. The summed E-state index contributed by atoms with van der Waals surface area (Å²) >= 11 is 0. The summed E-state index contributed by atoms with van der Waals surface area (Å²) in [5.74, 6) is 0. The highest BCUT2D eigenvalue weighted by Gasteiger charge is 2.19. The average molecular weight is 200 g/mol. The largest absolute Gasteiger partial charge is 0.359 e. The highest BCUT2D eigenvalue weighted by Crippen LogP contribution is 2.12. The van der Waals surface area contributed by atoms with Crippen LogP contribution in [-0.2, 0) is 18.9 Å². The van der Waals surface area contributed by atoms with Crippen LogP contribution in [0.3, 0.4) is 0 Å². The lowest BCUT2D eigenvalue weighted by Gasteiger charge is -2.23. The first-order valence-electron chi connectivity index (χ1n) is 4.44. The van der Waals surface area contributed by atoms with E-state index in [-0.39, 0.29) is 25.8 Å². The molecule has 1 aliphatic carbocycles. The Kier molecular flexibility index (Phi) is 5.47. The van der Waals surface area contributed by atoms with Crippen molar-refractivity contribution in [3.05, 3.63) is 24.3 Å². The molecule has 0 amide bonds. The van der Waals surface area contributed by atoms with Gasteiger partial charge in [0, 0.05) is 14.2 Å². The van der Waals surface area contributed by atoms with Crippen molar-refractivity contribution in [3.8, 4) is 0 Å². The molecule has 0 heterocycles. The molecule has 0 N–H and O–H groups in total. The van der Waals surface area contributed by atoms with E-state index in [0.29, 0.717) is 0 Å². The summed E-state index contributed by atoms with van der Waals surface area (Å²) in [6, 6.07) is 0. The summed E-state index contributed by atoms with van der Waals surface area (Å²) in [4.78, 5) is 0. The Bertz CT molecular complexity index is 178. The Morgan fingerprint density at radius 2 is 1.29 bits per heavy atom. The van der Waals surface area contributed by atoms with Gasteiger partial charge in [0.25, 0.3) is 0 Å². The Balaban J connectivity index is 2.36. The third kappa shape index (κ3) is 3.59. The Hall–Kier alpha value is -0.680. The molecule has 0 radical (unpaired) electrons. The molecule has 1 rings (SSSR count). The molecule has 1 aliphatic rings. The number of methoxy groups -OCH3 is 2. The monoisotopic (exact) mass is 200 g/mol. The van der Waals surface area contributed by atoms with Crippen molar-refractivity contribution in [3.63, 3.8) is 0 Å². The third-order valence-corrected chi connectivity index (χ3v) is 1.79. The third-order valence-electron chi connectivity index (χ3n) is 1.79. The molecule has 2 atom stereocenters. The maximum absolute atomic E-state index is 5.40. The molecule has 0 spiro atoms. The van der Waals surface area contributed by atoms with Crippen LogP contribution in [0.2, 0.25) is 0 Å². The minimum atomic E-state index is -0.102. The summed E-state index contributed by atoms with van der Waals surface area (Å²) < 4.78 is 20.5. The molecule has 4 heteroatoms. The maximum atomic E-state index is 5.40. The molecule has 0 saturated carbocycles. The summed E-state index contributed by atoms with van der Waals surface area (Å²) in [5.41, 5.74) is 0. The van der Waals surface area contributed by atoms with E-state index in [4.69, 9.17) is 18.9 Å². The van der Waals surface area contributed by atoms with Crippen LogP contribution in [-0.4, -0.2) is 40.0 Å². The van der Waals surface area contributed by atoms with Crippen LogP contribution in [0.5, 0.6) is 0 Å². The van der Waals surface area contributed by atoms with Crippen molar-refractivity contribution in [1.29, 1.82) is 0 Å². The number of allylic oxidation sites excluding steroid dienone is 2. The quantitative estimate of drug-likeness (QED) is 0.601. The molecular formula is C10H16O4. The maximum Gasteiger partial charge on any atom is 0.147 e. The zero-order chi connectivity index (χ0) is 10.2. The smallest absolute Gasteiger partial charge is 0.147 e. The van der Waals surface area contributed by atoms with Gasteiger partial charge in [-0.15, -0.1) is 0 Å². The van der Waals surface area contributed by atoms with Crippen molar-refractivity contribution in [2.24, 2.45) is 0 Å². The zero-order valence-corrected chi connectivity index (χ0v) is 8.51. The molecule has 0 bridgehead atoms. The number of hydrogen-bond acceptors (Lipinski definition) is 4. The van der Waals surface area contributed by atoms with Gasteiger partial charge in [0.2, 0.25) is 0 Å². The van der Waals surface area contributed by atoms with E-state index in [0.717, 1.165) is 0 Å². The van der Waals surface area contributed by atoms with Crippen LogP contribution >= 0.6 is 0 Å². The fraction of sp³-hybridized carbons (Fsp3) is 0.600. The van der Waals surface area contributed by atoms with E-state index in [9.17, 15) is 0 Å². The van der Waals surface area contributed by atoms with E-state index in [1.165, 1.54) is 0 Å². The summed E-state index contributed by atoms with van der Waals surface area (Å²) in [6.07, 6.45) is 7.50. The standard InChI is InChI=1S/C10H16O4/c1-11-7-13-9-5-3-4-6-10(9)14-8-12-2/h3-6,9-10H,7-8H2,1-2H3/t9-,10+. The molecule has 0 fully saturated rings. The van der Waals surface area contributed by atoms with E-state index in [1.807, 2.05) is 24.3 Å². The first-order valence-corrected chi connectivity index (χ1v) is 4.44. The SMILES string of the molecule is COCO[C@H]1C=CC=C[C@H]1OCOC. The second-order valence-corrected chi connectivity index (χ2v) is 2.85. The normalized spacial score (nSPS) is 25.6. The molecule has 0 aromatic carbocycles. The van der Waals surface area contributed by atoms with Gasteiger partial charge in [-0.3, -0.25) is 0 Å². The van der Waals surface area contributed by atoms with E-state index in [2.05, 4.69) is 0 Å². The zero-order valence-electron chi connectivity index (χ0n) is 8.51. The first kappa shape index (κ1) is 11.4. The van der Waals surface area contributed by atoms with Gasteiger partial charge in [0.15, 0.2) is 0 Å². The van der Waals surface area contributed by atoms with Crippen LogP contribution in [0, 0.1) is 0 Å². The van der Waals surface area contributed by atoms with Gasteiger partial charge >= 0.3 is 0 Å². The Morgan fingerprint density at radius 3 is 1.64 bits per heavy atom. The van der Waals surface area contributed by atoms with Crippen LogP contribution in [0.25, 0.3) is 0 Å². The Morgan fingerprint density at radius 1 is 0.857 bits per heavy atom. The van der Waals surface area contributed by atoms with E-state index >= 15 is 0 Å². The number of rotatable bonds is 6. The second kappa shape index (κ2) is 6.73. The predicted octanol–water partition coefficient (Wildman–Crippen LogP) is 1.09. The molecule has 0 aromatic rings. The highest BCUT2D eigenvalue weighted by molar-refractivity contribution is 5.16. The Labute approximate surface area is 84.1 Å². The topological polar surface area (TPSA) is 36.9 Å². The van der Waals surface area contributed by atoms with Gasteiger partial charge in [-0.05, 0) is 0 Å². The molecule has 0 saturated heterocycles. The molecule has 14 heavy (non-hydrogen) atoms. The first-order chi connectivity index (χ1) is 6.88. The number of hydrogen-bond donors (Lipinski definition) is 0. The predicted molar refractivity (Wildman–Crippen MR) is 51.8 cm³/mol. The van der Waals surface area contributed by atoms with Crippen LogP contribution in [0.4, 0.5) is 0 Å². The van der Waals surface area contributed by atoms with Crippen molar-refractivity contribution < 1.29 is 18.9 Å². The van der Waals surface area contributed by atoms with Crippen molar-refractivity contribution in [1.82, 2.24) is 0 Å². The second-order valence-electron chi connectivity index (χ2n) is 2.85. The van der Waals surface area contributed by atoms with Crippen molar-refractivity contribution in [2.45, 2.75) is 12.2 Å². The lowest BCUT2D eigenvalue weighted by atomic mass is 10.1. The number of ether oxygens (including phenoxy) is 4. The highest BCUT2D eigenvalue weighted by atomic mass is 16.7. The lowest BCUT2D eigenvalue weighted by molar-refractivity contribution is -0.129. The van der Waals surface area contributed by atoms with Gasteiger partial charge in [-0.25, -0.2) is 0 Å². The van der Waals surface area contributed by atoms with Gasteiger partial charge in [-0.1, -0.05) is 24.3 Å². The molecule has 0 aromatic heterocycles. The minimum absolute atomic E-state index is 0.102. The van der Waals surface area contributed by atoms with Crippen LogP contribution in [0.1, 0.15) is 0 Å². The average Bonchev–Trinajstić information content (AvgIpc) is 2.24. The van der Waals surface area contributed by atoms with Gasteiger partial charge in [0.1, 0.15) is 25.8 Å². The van der Waals surface area contributed by atoms with E-state index < -0.39 is 0 Å². The van der Waals surface area contributed by atoms with Gasteiger partial charge in [-0.2, -0.15) is 0 Å². The van der Waals surface area contributed by atoms with Gasteiger partial charge < -0.3 is 18.9 Å². The summed E-state index contributed by atoms with van der Waals surface area (Å²) in [5, 5.41) is 0. The molecule has 0 aliphatic heterocycles. The fourth-order valence-electron chi connectivity index (χ4n) is 1.16. The summed E-state index contributed by atoms with van der Waals surface area (Å²) in [6.45, 7) is 0.519. The van der Waals surface area contributed by atoms with Crippen molar-refractivity contribution in [2.75, 3.05) is 27.8 Å². The van der Waals surface area contributed by atoms with E-state index in [1.54, 1.807) is 14.2 Å². The minimum Gasteiger partial charge on any atom is -0.359 e. The molecular weight excluding hydrogens is 184 g/mol. The molecule has 4 nitrogen and oxygen atoms in total. The van der Waals surface area contributed by atoms with Crippen LogP contribution < -0.4 is 0 Å². The fourth-order valence-corrected chi connectivity index (χ4v) is 1.16. The summed E-state index contributed by atoms with van der Waals surface area (Å²) in [7, 11) is 3.18.